The summed E-state index contributed by atoms with van der Waals surface area (Å²) in [5.74, 6) is 0.815. The van der Waals surface area contributed by atoms with Crippen LogP contribution in [-0.4, -0.2) is 30.4 Å². The highest BCUT2D eigenvalue weighted by Gasteiger charge is 2.14. The highest BCUT2D eigenvalue weighted by molar-refractivity contribution is 6.39. The standard InChI is InChI=1S/C21H20Cl2N2O2/c1-13-6-7-19(26)15(10-13)18-11-14(12-20(25-18)24-8-9-27-2)21-16(22)4-3-5-17(21)23/h3-7,10-12,26H,8-9H2,1-2H3,(H,24,25). The van der Waals surface area contributed by atoms with Crippen molar-refractivity contribution in [1.29, 1.82) is 0 Å². The number of hydrogen-bond acceptors (Lipinski definition) is 4. The number of aryl methyl sites for hydroxylation is 1. The van der Waals surface area contributed by atoms with Crippen molar-refractivity contribution in [3.05, 3.63) is 64.1 Å². The van der Waals surface area contributed by atoms with Gasteiger partial charge < -0.3 is 15.2 Å². The Hall–Kier alpha value is -2.27. The molecule has 3 rings (SSSR count). The summed E-state index contributed by atoms with van der Waals surface area (Å²) < 4.78 is 5.09. The fourth-order valence-corrected chi connectivity index (χ4v) is 3.43. The molecule has 0 aliphatic rings. The molecule has 6 heteroatoms. The number of phenolic OH excluding ortho intramolecular Hbond substituents is 1. The summed E-state index contributed by atoms with van der Waals surface area (Å²) in [6.07, 6.45) is 0. The number of aromatic nitrogens is 1. The summed E-state index contributed by atoms with van der Waals surface area (Å²) in [4.78, 5) is 4.65. The van der Waals surface area contributed by atoms with Gasteiger partial charge in [0.25, 0.3) is 0 Å². The number of nitrogens with zero attached hydrogens (tertiary/aromatic N) is 1. The summed E-state index contributed by atoms with van der Waals surface area (Å²) in [7, 11) is 1.64. The molecule has 0 radical (unpaired) electrons. The molecule has 0 atom stereocenters. The minimum absolute atomic E-state index is 0.165. The maximum atomic E-state index is 10.3. The molecule has 27 heavy (non-hydrogen) atoms. The third-order valence-corrected chi connectivity index (χ3v) is 4.75. The summed E-state index contributed by atoms with van der Waals surface area (Å²) in [5, 5.41) is 14.7. The molecule has 2 aromatic carbocycles. The van der Waals surface area contributed by atoms with Gasteiger partial charge in [0.05, 0.1) is 12.3 Å². The van der Waals surface area contributed by atoms with Crippen molar-refractivity contribution < 1.29 is 9.84 Å². The lowest BCUT2D eigenvalue weighted by Crippen LogP contribution is -2.09. The van der Waals surface area contributed by atoms with Crippen molar-refractivity contribution in [2.24, 2.45) is 0 Å². The molecule has 0 aliphatic carbocycles. The average Bonchev–Trinajstić information content (AvgIpc) is 2.64. The Morgan fingerprint density at radius 3 is 2.52 bits per heavy atom. The zero-order chi connectivity index (χ0) is 19.4. The van der Waals surface area contributed by atoms with Gasteiger partial charge in [-0.05, 0) is 48.9 Å². The number of nitrogens with one attached hydrogen (secondary N) is 1. The van der Waals surface area contributed by atoms with Gasteiger partial charge in [0.2, 0.25) is 0 Å². The van der Waals surface area contributed by atoms with Gasteiger partial charge in [0.1, 0.15) is 11.6 Å². The van der Waals surface area contributed by atoms with E-state index in [0.717, 1.165) is 16.7 Å². The topological polar surface area (TPSA) is 54.4 Å². The van der Waals surface area contributed by atoms with Gasteiger partial charge in [-0.3, -0.25) is 0 Å². The number of hydrogen-bond donors (Lipinski definition) is 2. The molecule has 140 valence electrons. The third-order valence-electron chi connectivity index (χ3n) is 4.12. The molecule has 2 N–H and O–H groups in total. The summed E-state index contributed by atoms with van der Waals surface area (Å²) >= 11 is 12.8. The molecular weight excluding hydrogens is 383 g/mol. The monoisotopic (exact) mass is 402 g/mol. The number of ether oxygens (including phenoxy) is 1. The molecule has 1 aromatic heterocycles. The van der Waals surface area contributed by atoms with E-state index in [1.807, 2.05) is 31.2 Å². The minimum Gasteiger partial charge on any atom is -0.507 e. The van der Waals surface area contributed by atoms with Crippen molar-refractivity contribution in [1.82, 2.24) is 4.98 Å². The van der Waals surface area contributed by atoms with Gasteiger partial charge in [0, 0.05) is 34.8 Å². The van der Waals surface area contributed by atoms with Crippen LogP contribution in [0, 0.1) is 6.92 Å². The minimum atomic E-state index is 0.165. The van der Waals surface area contributed by atoms with Crippen LogP contribution in [0.4, 0.5) is 5.82 Å². The first-order valence-electron chi connectivity index (χ1n) is 8.49. The number of pyridine rings is 1. The second kappa shape index (κ2) is 8.61. The Labute approximate surface area is 168 Å². The zero-order valence-corrected chi connectivity index (χ0v) is 16.6. The fraction of sp³-hybridized carbons (Fsp3) is 0.190. The van der Waals surface area contributed by atoms with Gasteiger partial charge in [-0.15, -0.1) is 0 Å². The lowest BCUT2D eigenvalue weighted by atomic mass is 10.0. The van der Waals surface area contributed by atoms with E-state index in [9.17, 15) is 5.11 Å². The molecule has 0 amide bonds. The second-order valence-electron chi connectivity index (χ2n) is 6.16. The normalized spacial score (nSPS) is 10.8. The predicted molar refractivity (Wildman–Crippen MR) is 112 cm³/mol. The van der Waals surface area contributed by atoms with Crippen LogP contribution in [0.15, 0.2) is 48.5 Å². The quantitative estimate of drug-likeness (QED) is 0.511. The molecule has 3 aromatic rings. The highest BCUT2D eigenvalue weighted by atomic mass is 35.5. The van der Waals surface area contributed by atoms with Crippen molar-refractivity contribution >= 4 is 29.0 Å². The molecule has 0 saturated heterocycles. The van der Waals surface area contributed by atoms with Crippen LogP contribution in [0.1, 0.15) is 5.56 Å². The molecule has 0 aliphatic heterocycles. The maximum Gasteiger partial charge on any atom is 0.127 e. The molecule has 4 nitrogen and oxygen atoms in total. The average molecular weight is 403 g/mol. The van der Waals surface area contributed by atoms with E-state index in [0.29, 0.717) is 40.3 Å². The van der Waals surface area contributed by atoms with Gasteiger partial charge in [-0.1, -0.05) is 40.9 Å². The largest absolute Gasteiger partial charge is 0.507 e. The molecule has 0 spiro atoms. The highest BCUT2D eigenvalue weighted by Crippen LogP contribution is 2.38. The van der Waals surface area contributed by atoms with E-state index >= 15 is 0 Å². The number of benzene rings is 2. The Morgan fingerprint density at radius 1 is 1.07 bits per heavy atom. The third kappa shape index (κ3) is 4.53. The first kappa shape index (κ1) is 19.5. The van der Waals surface area contributed by atoms with Crippen LogP contribution in [0.3, 0.4) is 0 Å². The first-order valence-corrected chi connectivity index (χ1v) is 9.24. The molecular formula is C21H20Cl2N2O2. The molecule has 1 heterocycles. The van der Waals surface area contributed by atoms with Crippen molar-refractivity contribution in [2.75, 3.05) is 25.6 Å². The van der Waals surface area contributed by atoms with Crippen LogP contribution in [-0.2, 0) is 4.74 Å². The summed E-state index contributed by atoms with van der Waals surface area (Å²) in [5.41, 5.74) is 3.85. The lowest BCUT2D eigenvalue weighted by molar-refractivity contribution is 0.210. The molecule has 0 bridgehead atoms. The van der Waals surface area contributed by atoms with Crippen molar-refractivity contribution in [3.8, 4) is 28.1 Å². The van der Waals surface area contributed by atoms with E-state index in [4.69, 9.17) is 27.9 Å². The van der Waals surface area contributed by atoms with Gasteiger partial charge in [-0.25, -0.2) is 4.98 Å². The number of methoxy groups -OCH3 is 1. The molecule has 0 saturated carbocycles. The van der Waals surface area contributed by atoms with E-state index in [1.54, 1.807) is 31.4 Å². The van der Waals surface area contributed by atoms with Crippen molar-refractivity contribution in [3.63, 3.8) is 0 Å². The Bertz CT molecular complexity index is 941. The van der Waals surface area contributed by atoms with E-state index < -0.39 is 0 Å². The smallest absolute Gasteiger partial charge is 0.127 e. The van der Waals surface area contributed by atoms with E-state index in [1.165, 1.54) is 0 Å². The van der Waals surface area contributed by atoms with Crippen LogP contribution >= 0.6 is 23.2 Å². The van der Waals surface area contributed by atoms with E-state index in [2.05, 4.69) is 10.3 Å². The molecule has 0 fully saturated rings. The number of phenols is 1. The Balaban J connectivity index is 2.16. The van der Waals surface area contributed by atoms with Crippen LogP contribution < -0.4 is 5.32 Å². The SMILES string of the molecule is COCCNc1cc(-c2c(Cl)cccc2Cl)cc(-c2cc(C)ccc2O)n1. The maximum absolute atomic E-state index is 10.3. The van der Waals surface area contributed by atoms with Gasteiger partial charge >= 0.3 is 0 Å². The van der Waals surface area contributed by atoms with Gasteiger partial charge in [-0.2, -0.15) is 0 Å². The molecule has 0 unspecified atom stereocenters. The van der Waals surface area contributed by atoms with Crippen LogP contribution in [0.25, 0.3) is 22.4 Å². The predicted octanol–water partition coefficient (Wildman–Crippen LogP) is 5.79. The van der Waals surface area contributed by atoms with Gasteiger partial charge in [0.15, 0.2) is 0 Å². The van der Waals surface area contributed by atoms with Crippen LogP contribution in [0.5, 0.6) is 5.75 Å². The second-order valence-corrected chi connectivity index (χ2v) is 6.98. The lowest BCUT2D eigenvalue weighted by Gasteiger charge is -2.14. The number of halogens is 2. The number of rotatable bonds is 6. The zero-order valence-electron chi connectivity index (χ0n) is 15.1. The fourth-order valence-electron chi connectivity index (χ4n) is 2.81. The van der Waals surface area contributed by atoms with Crippen LogP contribution in [0.2, 0.25) is 10.0 Å². The number of anilines is 1. The first-order chi connectivity index (χ1) is 13.0. The Kier molecular flexibility index (Phi) is 6.22. The Morgan fingerprint density at radius 2 is 1.81 bits per heavy atom. The van der Waals surface area contributed by atoms with E-state index in [-0.39, 0.29) is 5.75 Å². The number of aromatic hydroxyl groups is 1. The summed E-state index contributed by atoms with van der Waals surface area (Å²) in [6.45, 7) is 3.11. The summed E-state index contributed by atoms with van der Waals surface area (Å²) in [6, 6.07) is 14.6. The van der Waals surface area contributed by atoms with Crippen molar-refractivity contribution in [2.45, 2.75) is 6.92 Å².